The van der Waals surface area contributed by atoms with Gasteiger partial charge >= 0.3 is 5.97 Å². The molecule has 80 heavy (non-hydrogen) atoms. The van der Waals surface area contributed by atoms with E-state index in [-0.39, 0.29) is 13.0 Å². The van der Waals surface area contributed by atoms with E-state index in [1.165, 1.54) is 173 Å². The van der Waals surface area contributed by atoms with Crippen molar-refractivity contribution in [1.29, 1.82) is 0 Å². The summed E-state index contributed by atoms with van der Waals surface area (Å²) in [7, 11) is 0. The molecule has 1 fully saturated rings. The molecular weight excluding hydrogens is 1000 g/mol. The van der Waals surface area contributed by atoms with E-state index in [2.05, 4.69) is 74.7 Å². The second-order valence-electron chi connectivity index (χ2n) is 23.2. The van der Waals surface area contributed by atoms with Crippen molar-refractivity contribution in [1.82, 2.24) is 5.32 Å². The lowest BCUT2D eigenvalue weighted by atomic mass is 9.99. The van der Waals surface area contributed by atoms with Crippen LogP contribution in [0, 0.1) is 0 Å². The fourth-order valence-corrected chi connectivity index (χ4v) is 10.4. The van der Waals surface area contributed by atoms with Crippen LogP contribution < -0.4 is 5.32 Å². The van der Waals surface area contributed by atoms with E-state index in [0.717, 1.165) is 83.5 Å². The molecule has 1 heterocycles. The van der Waals surface area contributed by atoms with E-state index >= 15 is 0 Å². The number of amides is 1. The van der Waals surface area contributed by atoms with Gasteiger partial charge in [0.05, 0.1) is 25.4 Å². The van der Waals surface area contributed by atoms with Gasteiger partial charge in [-0.2, -0.15) is 0 Å². The molecule has 0 radical (unpaired) electrons. The minimum atomic E-state index is -1.62. The Morgan fingerprint density at radius 3 is 1.36 bits per heavy atom. The van der Waals surface area contributed by atoms with Gasteiger partial charge in [-0.1, -0.05) is 274 Å². The molecule has 466 valence electrons. The van der Waals surface area contributed by atoms with Gasteiger partial charge in [0.25, 0.3) is 0 Å². The summed E-state index contributed by atoms with van der Waals surface area (Å²) in [5, 5.41) is 57.1. The van der Waals surface area contributed by atoms with Crippen molar-refractivity contribution in [3.8, 4) is 0 Å². The van der Waals surface area contributed by atoms with Crippen LogP contribution in [-0.2, 0) is 23.8 Å². The lowest BCUT2D eigenvalue weighted by molar-refractivity contribution is -0.305. The summed E-state index contributed by atoms with van der Waals surface area (Å²) in [5.74, 6) is -1.21. The van der Waals surface area contributed by atoms with Gasteiger partial charge in [-0.05, 0) is 83.5 Å². The van der Waals surface area contributed by atoms with Crippen LogP contribution in [0.15, 0.2) is 60.8 Å². The lowest BCUT2D eigenvalue weighted by Crippen LogP contribution is -2.61. The number of nitrogens with one attached hydrogen (secondary N) is 1. The molecule has 0 saturated carbocycles. The Morgan fingerprint density at radius 2 is 0.900 bits per heavy atom. The maximum Gasteiger partial charge on any atom is 0.306 e. The Morgan fingerprint density at radius 1 is 0.500 bits per heavy atom. The van der Waals surface area contributed by atoms with Crippen LogP contribution >= 0.6 is 0 Å². The third-order valence-electron chi connectivity index (χ3n) is 15.7. The third-order valence-corrected chi connectivity index (χ3v) is 15.7. The normalized spacial score (nSPS) is 19.1. The third kappa shape index (κ3) is 44.0. The van der Waals surface area contributed by atoms with E-state index in [1.54, 1.807) is 6.08 Å². The largest absolute Gasteiger partial charge is 0.454 e. The summed E-state index contributed by atoms with van der Waals surface area (Å²) >= 11 is 0. The zero-order valence-electron chi connectivity index (χ0n) is 51.7. The van der Waals surface area contributed by atoms with E-state index in [9.17, 15) is 35.1 Å². The standard InChI is InChI=1S/C69H125NO10/c1-4-7-10-13-16-19-22-25-27-28-29-30-31-32-33-34-35-36-38-41-44-47-50-53-56-62(73)68(77)70-60(61(72)55-52-49-46-43-40-37-24-21-18-15-12-9-6-3)59-78-69-67(66(76)65(75)63(58-71)79-69)80-64(74)57-54-51-48-45-42-39-26-23-20-17-14-11-8-5-2/h8,11,17,20,25-27,39,52,55,60-63,65-67,69,71-73,75-76H,4-7,9-10,12-16,18-19,21-24,28-38,40-51,53-54,56-59H2,1-3H3,(H,70,77)/b11-8+,20-17+,27-25+,39-26+,55-52+. The minimum absolute atomic E-state index is 0.0974. The van der Waals surface area contributed by atoms with Crippen molar-refractivity contribution >= 4 is 11.9 Å². The van der Waals surface area contributed by atoms with Gasteiger partial charge in [0.2, 0.25) is 5.91 Å². The maximum absolute atomic E-state index is 13.5. The van der Waals surface area contributed by atoms with Gasteiger partial charge in [-0.15, -0.1) is 0 Å². The molecule has 0 spiro atoms. The lowest BCUT2D eigenvalue weighted by Gasteiger charge is -2.41. The summed E-state index contributed by atoms with van der Waals surface area (Å²) in [6, 6.07) is -1.03. The Hall–Kier alpha value is -2.64. The van der Waals surface area contributed by atoms with Gasteiger partial charge in [-0.25, -0.2) is 0 Å². The number of ether oxygens (including phenoxy) is 3. The quantitative estimate of drug-likeness (QED) is 0.0195. The van der Waals surface area contributed by atoms with Gasteiger partial charge in [0, 0.05) is 6.42 Å². The molecule has 1 rings (SSSR count). The molecule has 1 saturated heterocycles. The Balaban J connectivity index is 2.61. The Labute approximate surface area is 490 Å². The van der Waals surface area contributed by atoms with Crippen molar-refractivity contribution < 1.29 is 49.3 Å². The molecule has 11 nitrogen and oxygen atoms in total. The van der Waals surface area contributed by atoms with E-state index in [0.29, 0.717) is 19.3 Å². The van der Waals surface area contributed by atoms with Gasteiger partial charge in [0.15, 0.2) is 12.4 Å². The highest BCUT2D eigenvalue weighted by atomic mass is 16.7. The van der Waals surface area contributed by atoms with Crippen LogP contribution in [0.2, 0.25) is 0 Å². The number of aliphatic hydroxyl groups is 5. The Bertz CT molecular complexity index is 1530. The summed E-state index contributed by atoms with van der Waals surface area (Å²) in [6.45, 7) is 5.68. The number of allylic oxidation sites excluding steroid dienone is 9. The second kappa shape index (κ2) is 56.8. The number of hydrogen-bond acceptors (Lipinski definition) is 10. The molecule has 1 aliphatic heterocycles. The first-order chi connectivity index (χ1) is 39.2. The average molecular weight is 1130 g/mol. The first kappa shape index (κ1) is 75.4. The van der Waals surface area contributed by atoms with Crippen LogP contribution in [0.5, 0.6) is 0 Å². The molecule has 0 bridgehead atoms. The molecule has 1 amide bonds. The molecule has 1 aliphatic rings. The predicted molar refractivity (Wildman–Crippen MR) is 333 cm³/mol. The van der Waals surface area contributed by atoms with Crippen molar-refractivity contribution in [2.45, 2.75) is 352 Å². The SMILES string of the molecule is CC/C=C/C/C=C/C/C=C/CCCCCCC(=O)OC1C(OCC(NC(=O)C(O)CCCCCCCCCCCCCCCC/C=C/CCCCCCCC)C(O)/C=C/CCCCCCCCCCCCC)OC(CO)C(O)C1O. The highest BCUT2D eigenvalue weighted by Crippen LogP contribution is 2.26. The van der Waals surface area contributed by atoms with Crippen molar-refractivity contribution in [3.05, 3.63) is 60.8 Å². The van der Waals surface area contributed by atoms with Gasteiger partial charge in [-0.3, -0.25) is 9.59 Å². The number of carbonyl (C=O) groups excluding carboxylic acids is 2. The number of esters is 1. The summed E-state index contributed by atoms with van der Waals surface area (Å²) in [6.07, 6.45) is 61.3. The molecule has 0 aromatic rings. The topological polar surface area (TPSA) is 175 Å². The van der Waals surface area contributed by atoms with Crippen molar-refractivity contribution in [2.24, 2.45) is 0 Å². The van der Waals surface area contributed by atoms with Crippen LogP contribution in [0.1, 0.15) is 303 Å². The second-order valence-corrected chi connectivity index (χ2v) is 23.2. The molecule has 6 N–H and O–H groups in total. The molecular formula is C69H125NO10. The predicted octanol–water partition coefficient (Wildman–Crippen LogP) is 16.6. The van der Waals surface area contributed by atoms with Crippen molar-refractivity contribution in [2.75, 3.05) is 13.2 Å². The highest BCUT2D eigenvalue weighted by Gasteiger charge is 2.47. The number of aliphatic hydroxyl groups excluding tert-OH is 5. The Kier molecular flexibility index (Phi) is 53.5. The van der Waals surface area contributed by atoms with Gasteiger partial charge in [0.1, 0.15) is 24.4 Å². The number of hydrogen-bond donors (Lipinski definition) is 6. The summed E-state index contributed by atoms with van der Waals surface area (Å²) in [5.41, 5.74) is 0. The summed E-state index contributed by atoms with van der Waals surface area (Å²) < 4.78 is 17.6. The number of rotatable bonds is 57. The fourth-order valence-electron chi connectivity index (χ4n) is 10.4. The first-order valence-corrected chi connectivity index (χ1v) is 33.6. The van der Waals surface area contributed by atoms with Crippen LogP contribution in [0.3, 0.4) is 0 Å². The molecule has 0 aromatic carbocycles. The van der Waals surface area contributed by atoms with Gasteiger partial charge < -0.3 is 45.1 Å². The van der Waals surface area contributed by atoms with Crippen LogP contribution in [0.4, 0.5) is 0 Å². The van der Waals surface area contributed by atoms with Crippen LogP contribution in [-0.4, -0.2) is 99.6 Å². The minimum Gasteiger partial charge on any atom is -0.454 e. The first-order valence-electron chi connectivity index (χ1n) is 33.6. The molecule has 0 aliphatic carbocycles. The van der Waals surface area contributed by atoms with E-state index in [1.807, 2.05) is 6.08 Å². The monoisotopic (exact) mass is 1130 g/mol. The zero-order valence-corrected chi connectivity index (χ0v) is 51.7. The summed E-state index contributed by atoms with van der Waals surface area (Å²) in [4.78, 5) is 26.6. The van der Waals surface area contributed by atoms with E-state index < -0.39 is 67.4 Å². The zero-order chi connectivity index (χ0) is 58.2. The van der Waals surface area contributed by atoms with Crippen molar-refractivity contribution in [3.63, 3.8) is 0 Å². The fraction of sp³-hybridized carbons (Fsp3) is 0.826. The molecule has 0 aromatic heterocycles. The number of carbonyl (C=O) groups is 2. The average Bonchev–Trinajstić information content (AvgIpc) is 3.53. The smallest absolute Gasteiger partial charge is 0.306 e. The number of unbranched alkanes of at least 4 members (excludes halogenated alkanes) is 35. The molecule has 8 unspecified atom stereocenters. The molecule has 11 heteroatoms. The highest BCUT2D eigenvalue weighted by molar-refractivity contribution is 5.80. The van der Waals surface area contributed by atoms with E-state index in [4.69, 9.17) is 14.2 Å². The maximum atomic E-state index is 13.5. The van der Waals surface area contributed by atoms with Crippen LogP contribution in [0.25, 0.3) is 0 Å². The molecule has 8 atom stereocenters.